The van der Waals surface area contributed by atoms with Crippen LogP contribution >= 0.6 is 22.7 Å². The van der Waals surface area contributed by atoms with E-state index < -0.39 is 0 Å². The van der Waals surface area contributed by atoms with Gasteiger partial charge in [0.2, 0.25) is 5.91 Å². The number of hydrogen-bond acceptors (Lipinski definition) is 5. The summed E-state index contributed by atoms with van der Waals surface area (Å²) < 4.78 is 0. The van der Waals surface area contributed by atoms with Gasteiger partial charge in [-0.1, -0.05) is 33.6 Å². The molecule has 1 atom stereocenters. The third-order valence-electron chi connectivity index (χ3n) is 4.39. The van der Waals surface area contributed by atoms with Crippen LogP contribution < -0.4 is 5.32 Å². The molecule has 24 heavy (non-hydrogen) atoms. The van der Waals surface area contributed by atoms with Gasteiger partial charge in [-0.25, -0.2) is 9.97 Å². The molecule has 2 heterocycles. The number of nitrogens with one attached hydrogen (secondary N) is 1. The molecular formula is C18H25N3OS2. The smallest absolute Gasteiger partial charge is 0.232 e. The van der Waals surface area contributed by atoms with Crippen molar-refractivity contribution in [3.63, 3.8) is 0 Å². The first-order valence-corrected chi connectivity index (χ1v) is 10.5. The quantitative estimate of drug-likeness (QED) is 0.801. The Morgan fingerprint density at radius 3 is 2.96 bits per heavy atom. The highest BCUT2D eigenvalue weighted by atomic mass is 32.1. The first-order chi connectivity index (χ1) is 11.5. The number of carbonyl (C=O) groups excluding carboxylic acids is 1. The van der Waals surface area contributed by atoms with Gasteiger partial charge in [0, 0.05) is 16.2 Å². The number of thiazole rings is 2. The van der Waals surface area contributed by atoms with Crippen LogP contribution in [0.4, 0.5) is 5.13 Å². The van der Waals surface area contributed by atoms with Crippen LogP contribution in [0.1, 0.15) is 67.2 Å². The number of rotatable bonds is 6. The number of anilines is 1. The molecule has 0 saturated heterocycles. The molecule has 4 nitrogen and oxygen atoms in total. The Morgan fingerprint density at radius 2 is 2.25 bits per heavy atom. The largest absolute Gasteiger partial charge is 0.302 e. The van der Waals surface area contributed by atoms with Crippen molar-refractivity contribution in [1.29, 1.82) is 0 Å². The van der Waals surface area contributed by atoms with Crippen molar-refractivity contribution in [3.05, 3.63) is 26.7 Å². The molecular weight excluding hydrogens is 338 g/mol. The number of hydrogen-bond donors (Lipinski definition) is 1. The standard InChI is InChI=1S/C18H25N3OS2/c1-4-5-12-6-7-14-15(8-12)24-18(20-14)21-16(22)9-13-10-23-17(19-13)11(2)3/h10-12H,4-9H2,1-3H3,(H,20,21,22). The van der Waals surface area contributed by atoms with Crippen LogP contribution in [-0.4, -0.2) is 15.9 Å². The van der Waals surface area contributed by atoms with E-state index in [9.17, 15) is 4.79 Å². The van der Waals surface area contributed by atoms with Crippen LogP contribution in [0.5, 0.6) is 0 Å². The minimum absolute atomic E-state index is 0.0215. The van der Waals surface area contributed by atoms with E-state index in [1.54, 1.807) is 22.7 Å². The molecule has 0 fully saturated rings. The fraction of sp³-hybridized carbons (Fsp3) is 0.611. The third kappa shape index (κ3) is 4.22. The summed E-state index contributed by atoms with van der Waals surface area (Å²) in [6.07, 6.45) is 6.27. The minimum atomic E-state index is -0.0215. The lowest BCUT2D eigenvalue weighted by Gasteiger charge is -2.19. The topological polar surface area (TPSA) is 54.9 Å². The van der Waals surface area contributed by atoms with Crippen molar-refractivity contribution in [2.24, 2.45) is 5.92 Å². The van der Waals surface area contributed by atoms with E-state index in [-0.39, 0.29) is 5.91 Å². The lowest BCUT2D eigenvalue weighted by atomic mass is 9.88. The summed E-state index contributed by atoms with van der Waals surface area (Å²) in [6, 6.07) is 0. The van der Waals surface area contributed by atoms with Gasteiger partial charge >= 0.3 is 0 Å². The van der Waals surface area contributed by atoms with Gasteiger partial charge in [-0.2, -0.15) is 0 Å². The Kier molecular flexibility index (Phi) is 5.66. The molecule has 1 N–H and O–H groups in total. The molecule has 1 aliphatic rings. The fourth-order valence-electron chi connectivity index (χ4n) is 3.15. The number of carbonyl (C=O) groups is 1. The molecule has 0 aromatic carbocycles. The predicted molar refractivity (Wildman–Crippen MR) is 101 cm³/mol. The predicted octanol–water partition coefficient (Wildman–Crippen LogP) is 4.81. The molecule has 1 unspecified atom stereocenters. The summed E-state index contributed by atoms with van der Waals surface area (Å²) in [5.41, 5.74) is 2.05. The van der Waals surface area contributed by atoms with E-state index in [1.165, 1.54) is 29.8 Å². The van der Waals surface area contributed by atoms with Crippen LogP contribution in [0.15, 0.2) is 5.38 Å². The van der Waals surface area contributed by atoms with Crippen LogP contribution in [0.3, 0.4) is 0 Å². The number of aryl methyl sites for hydroxylation is 1. The maximum Gasteiger partial charge on any atom is 0.232 e. The van der Waals surface area contributed by atoms with Crippen LogP contribution in [0.25, 0.3) is 0 Å². The second-order valence-corrected chi connectivity index (χ2v) is 8.82. The minimum Gasteiger partial charge on any atom is -0.302 e. The Balaban J connectivity index is 1.59. The number of amides is 1. The van der Waals surface area contributed by atoms with Crippen molar-refractivity contribution < 1.29 is 4.79 Å². The lowest BCUT2D eigenvalue weighted by molar-refractivity contribution is -0.115. The number of nitrogens with zero attached hydrogens (tertiary/aromatic N) is 2. The van der Waals surface area contributed by atoms with Crippen molar-refractivity contribution in [2.45, 2.75) is 65.2 Å². The Morgan fingerprint density at radius 1 is 1.42 bits per heavy atom. The van der Waals surface area contributed by atoms with Crippen molar-refractivity contribution in [2.75, 3.05) is 5.32 Å². The molecule has 0 bridgehead atoms. The van der Waals surface area contributed by atoms with Crippen molar-refractivity contribution in [1.82, 2.24) is 9.97 Å². The molecule has 1 aliphatic carbocycles. The molecule has 130 valence electrons. The molecule has 2 aromatic heterocycles. The summed E-state index contributed by atoms with van der Waals surface area (Å²) >= 11 is 3.28. The molecule has 6 heteroatoms. The van der Waals surface area contributed by atoms with Gasteiger partial charge in [-0.15, -0.1) is 22.7 Å². The van der Waals surface area contributed by atoms with Gasteiger partial charge in [0.05, 0.1) is 22.8 Å². The normalized spacial score (nSPS) is 17.1. The van der Waals surface area contributed by atoms with Crippen LogP contribution in [0, 0.1) is 5.92 Å². The molecule has 0 saturated carbocycles. The molecule has 0 aliphatic heterocycles. The number of aromatic nitrogens is 2. The van der Waals surface area contributed by atoms with E-state index in [0.717, 1.165) is 34.6 Å². The maximum atomic E-state index is 12.3. The zero-order valence-corrected chi connectivity index (χ0v) is 16.2. The zero-order chi connectivity index (χ0) is 17.1. The highest BCUT2D eigenvalue weighted by Gasteiger charge is 2.22. The van der Waals surface area contributed by atoms with E-state index >= 15 is 0 Å². The van der Waals surface area contributed by atoms with Gasteiger partial charge in [0.1, 0.15) is 0 Å². The third-order valence-corrected chi connectivity index (χ3v) is 6.62. The molecule has 2 aromatic rings. The summed E-state index contributed by atoms with van der Waals surface area (Å²) in [4.78, 5) is 22.8. The van der Waals surface area contributed by atoms with Crippen molar-refractivity contribution >= 4 is 33.7 Å². The molecule has 0 spiro atoms. The average molecular weight is 364 g/mol. The summed E-state index contributed by atoms with van der Waals surface area (Å²) in [5, 5.41) is 6.79. The van der Waals surface area contributed by atoms with Gasteiger partial charge in [-0.05, 0) is 25.2 Å². The Bertz CT molecular complexity index is 705. The highest BCUT2D eigenvalue weighted by Crippen LogP contribution is 2.34. The van der Waals surface area contributed by atoms with Crippen molar-refractivity contribution in [3.8, 4) is 0 Å². The zero-order valence-electron chi connectivity index (χ0n) is 14.6. The van der Waals surface area contributed by atoms with Crippen LogP contribution in [-0.2, 0) is 24.1 Å². The van der Waals surface area contributed by atoms with Crippen LogP contribution in [0.2, 0.25) is 0 Å². The van der Waals surface area contributed by atoms with E-state index in [4.69, 9.17) is 0 Å². The first kappa shape index (κ1) is 17.5. The average Bonchev–Trinajstić information content (AvgIpc) is 3.13. The lowest BCUT2D eigenvalue weighted by Crippen LogP contribution is -2.14. The van der Waals surface area contributed by atoms with E-state index in [1.807, 2.05) is 5.38 Å². The monoisotopic (exact) mass is 363 g/mol. The van der Waals surface area contributed by atoms with Gasteiger partial charge in [-0.3, -0.25) is 4.79 Å². The summed E-state index contributed by atoms with van der Waals surface area (Å²) in [5.74, 6) is 1.18. The van der Waals surface area contributed by atoms with Gasteiger partial charge in [0.25, 0.3) is 0 Å². The second kappa shape index (κ2) is 7.74. The summed E-state index contributed by atoms with van der Waals surface area (Å²) in [7, 11) is 0. The molecule has 3 rings (SSSR count). The maximum absolute atomic E-state index is 12.3. The SMILES string of the molecule is CCCC1CCc2nc(NC(=O)Cc3csc(C(C)C)n3)sc2C1. The Labute approximate surface area is 151 Å². The van der Waals surface area contributed by atoms with E-state index in [2.05, 4.69) is 36.1 Å². The number of fused-ring (bicyclic) bond motifs is 1. The van der Waals surface area contributed by atoms with E-state index in [0.29, 0.717) is 12.3 Å². The molecule has 1 amide bonds. The second-order valence-electron chi connectivity index (χ2n) is 6.84. The first-order valence-electron chi connectivity index (χ1n) is 8.77. The molecule has 0 radical (unpaired) electrons. The summed E-state index contributed by atoms with van der Waals surface area (Å²) in [6.45, 7) is 6.49. The highest BCUT2D eigenvalue weighted by molar-refractivity contribution is 7.15. The van der Waals surface area contributed by atoms with Gasteiger partial charge in [0.15, 0.2) is 5.13 Å². The van der Waals surface area contributed by atoms with Gasteiger partial charge < -0.3 is 5.32 Å². The Hall–Kier alpha value is -1.27. The fourth-order valence-corrected chi connectivity index (χ4v) is 5.12.